The Morgan fingerprint density at radius 1 is 1.57 bits per heavy atom. The summed E-state index contributed by atoms with van der Waals surface area (Å²) in [5.74, 6) is 1.04. The molecule has 0 N–H and O–H groups in total. The zero-order valence-corrected chi connectivity index (χ0v) is 5.62. The highest BCUT2D eigenvalue weighted by Crippen LogP contribution is 2.15. The average Bonchev–Trinajstić information content (AvgIpc) is 2.22. The fourth-order valence-corrected chi connectivity index (χ4v) is 1.12. The Balaban J connectivity index is 2.13. The molecule has 0 bridgehead atoms. The largest absolute Gasteiger partial charge is 0.316 e. The molecule has 42 valence electrons. The van der Waals surface area contributed by atoms with Crippen LogP contribution in [-0.2, 0) is 0 Å². The maximum atomic E-state index is 4.14. The monoisotopic (exact) mass is 118 g/mol. The number of rotatable bonds is 2. The lowest BCUT2D eigenvalue weighted by atomic mass is 10.7. The van der Waals surface area contributed by atoms with Crippen LogP contribution >= 0.6 is 12.6 Å². The molecular weight excluding hydrogens is 106 g/mol. The molecule has 1 aliphatic heterocycles. The van der Waals surface area contributed by atoms with E-state index in [1.165, 1.54) is 24.1 Å². The number of nitrogens with zero attached hydrogens (tertiary/aromatic N) is 1. The van der Waals surface area contributed by atoms with Gasteiger partial charge in [-0.15, -0.1) is 0 Å². The van der Waals surface area contributed by atoms with Crippen molar-refractivity contribution < 1.29 is 4.48 Å². The van der Waals surface area contributed by atoms with Crippen molar-refractivity contribution in [1.82, 2.24) is 0 Å². The van der Waals surface area contributed by atoms with Gasteiger partial charge >= 0.3 is 0 Å². The highest BCUT2D eigenvalue weighted by atomic mass is 32.1. The van der Waals surface area contributed by atoms with Crippen molar-refractivity contribution in [1.29, 1.82) is 0 Å². The van der Waals surface area contributed by atoms with E-state index in [1.54, 1.807) is 0 Å². The molecular formula is C5H12NS+. The Hall–Kier alpha value is 0.310. The molecule has 1 heterocycles. The van der Waals surface area contributed by atoms with Gasteiger partial charge in [-0.05, 0) is 0 Å². The summed E-state index contributed by atoms with van der Waals surface area (Å²) in [5, 5.41) is 0. The van der Waals surface area contributed by atoms with Crippen molar-refractivity contribution in [3.05, 3.63) is 0 Å². The topological polar surface area (TPSA) is 0 Å². The van der Waals surface area contributed by atoms with Crippen molar-refractivity contribution in [3.8, 4) is 0 Å². The first-order valence-corrected chi connectivity index (χ1v) is 3.34. The molecule has 0 amide bonds. The Morgan fingerprint density at radius 3 is 2.29 bits per heavy atom. The fourth-order valence-electron chi connectivity index (χ4n) is 0.636. The van der Waals surface area contributed by atoms with Gasteiger partial charge in [0.15, 0.2) is 0 Å². The highest BCUT2D eigenvalue weighted by molar-refractivity contribution is 7.80. The summed E-state index contributed by atoms with van der Waals surface area (Å²) in [7, 11) is 2.27. The van der Waals surface area contributed by atoms with Crippen molar-refractivity contribution in [3.63, 3.8) is 0 Å². The van der Waals surface area contributed by atoms with Gasteiger partial charge in [-0.3, -0.25) is 0 Å². The predicted molar refractivity (Wildman–Crippen MR) is 34.6 cm³/mol. The molecule has 2 heteroatoms. The van der Waals surface area contributed by atoms with Crippen LogP contribution in [0.5, 0.6) is 0 Å². The van der Waals surface area contributed by atoms with Crippen LogP contribution in [0.15, 0.2) is 0 Å². The van der Waals surface area contributed by atoms with Gasteiger partial charge in [0.25, 0.3) is 0 Å². The van der Waals surface area contributed by atoms with Gasteiger partial charge in [-0.1, -0.05) is 0 Å². The molecule has 0 spiro atoms. The third-order valence-corrected chi connectivity index (χ3v) is 1.83. The molecule has 1 aliphatic rings. The van der Waals surface area contributed by atoms with Gasteiger partial charge in [0, 0.05) is 5.75 Å². The number of likely N-dealkylation sites (N-methyl/N-ethyl adjacent to an activating group) is 1. The van der Waals surface area contributed by atoms with Gasteiger partial charge in [0.2, 0.25) is 0 Å². The number of hydrogen-bond donors (Lipinski definition) is 1. The molecule has 1 fully saturated rings. The second-order valence-electron chi connectivity index (χ2n) is 2.51. The second kappa shape index (κ2) is 1.67. The van der Waals surface area contributed by atoms with E-state index < -0.39 is 0 Å². The van der Waals surface area contributed by atoms with Crippen LogP contribution in [0.3, 0.4) is 0 Å². The molecule has 1 nitrogen and oxygen atoms in total. The van der Waals surface area contributed by atoms with Crippen LogP contribution in [-0.4, -0.2) is 36.9 Å². The molecule has 1 saturated heterocycles. The predicted octanol–water partition coefficient (Wildman–Crippen LogP) is 0.376. The summed E-state index contributed by atoms with van der Waals surface area (Å²) < 4.78 is 1.27. The first-order chi connectivity index (χ1) is 3.27. The fraction of sp³-hybridized carbons (Fsp3) is 1.00. The summed E-state index contributed by atoms with van der Waals surface area (Å²) in [5.41, 5.74) is 0. The maximum Gasteiger partial charge on any atom is 0.128 e. The van der Waals surface area contributed by atoms with E-state index in [9.17, 15) is 0 Å². The van der Waals surface area contributed by atoms with E-state index in [-0.39, 0.29) is 0 Å². The highest BCUT2D eigenvalue weighted by Gasteiger charge is 2.35. The van der Waals surface area contributed by atoms with Crippen LogP contribution in [0, 0.1) is 0 Å². The Labute approximate surface area is 50.3 Å². The first-order valence-electron chi connectivity index (χ1n) is 2.71. The molecule has 0 aromatic heterocycles. The minimum atomic E-state index is 1.04. The number of thiol groups is 1. The van der Waals surface area contributed by atoms with Gasteiger partial charge in [0.1, 0.15) is 13.1 Å². The molecule has 0 aromatic carbocycles. The standard InChI is InChI=1S/C5H11NS/c1-6(2-3-6)4-5-7/h2-5H2,1H3/p+1. The lowest BCUT2D eigenvalue weighted by molar-refractivity contribution is -0.774. The normalized spacial score (nSPS) is 24.9. The third kappa shape index (κ3) is 1.35. The molecule has 0 unspecified atom stereocenters. The third-order valence-electron chi connectivity index (χ3n) is 1.63. The van der Waals surface area contributed by atoms with Gasteiger partial charge in [-0.25, -0.2) is 0 Å². The zero-order chi connectivity index (χ0) is 5.33. The molecule has 0 radical (unpaired) electrons. The van der Waals surface area contributed by atoms with Crippen LogP contribution < -0.4 is 0 Å². The molecule has 7 heavy (non-hydrogen) atoms. The van der Waals surface area contributed by atoms with E-state index in [1.807, 2.05) is 0 Å². The Kier molecular flexibility index (Phi) is 1.30. The van der Waals surface area contributed by atoms with Crippen LogP contribution in [0.25, 0.3) is 0 Å². The number of quaternary nitrogens is 1. The van der Waals surface area contributed by atoms with Crippen LogP contribution in [0.4, 0.5) is 0 Å². The quantitative estimate of drug-likeness (QED) is 0.302. The summed E-state index contributed by atoms with van der Waals surface area (Å²) in [4.78, 5) is 0. The van der Waals surface area contributed by atoms with E-state index >= 15 is 0 Å². The van der Waals surface area contributed by atoms with E-state index in [0.29, 0.717) is 0 Å². The van der Waals surface area contributed by atoms with Crippen LogP contribution in [0.1, 0.15) is 0 Å². The SMILES string of the molecule is C[N+]1(CCS)CC1. The average molecular weight is 118 g/mol. The van der Waals surface area contributed by atoms with Crippen LogP contribution in [0.2, 0.25) is 0 Å². The van der Waals surface area contributed by atoms with Crippen molar-refractivity contribution in [2.45, 2.75) is 0 Å². The molecule has 0 aliphatic carbocycles. The molecule has 1 rings (SSSR count). The van der Waals surface area contributed by atoms with Gasteiger partial charge < -0.3 is 4.48 Å². The molecule has 0 aromatic rings. The lowest BCUT2D eigenvalue weighted by Gasteiger charge is -2.07. The summed E-state index contributed by atoms with van der Waals surface area (Å²) in [6, 6.07) is 0. The van der Waals surface area contributed by atoms with Crippen molar-refractivity contribution in [2.24, 2.45) is 0 Å². The summed E-state index contributed by atoms with van der Waals surface area (Å²) >= 11 is 4.14. The first kappa shape index (κ1) is 5.45. The number of hydrogen-bond acceptors (Lipinski definition) is 1. The molecule has 0 atom stereocenters. The minimum Gasteiger partial charge on any atom is -0.316 e. The van der Waals surface area contributed by atoms with Gasteiger partial charge in [0.05, 0.1) is 13.6 Å². The second-order valence-corrected chi connectivity index (χ2v) is 2.96. The molecule has 0 saturated carbocycles. The van der Waals surface area contributed by atoms with E-state index in [2.05, 4.69) is 19.7 Å². The lowest BCUT2D eigenvalue weighted by Crippen LogP contribution is -2.21. The maximum absolute atomic E-state index is 4.14. The van der Waals surface area contributed by atoms with Crippen molar-refractivity contribution >= 4 is 12.6 Å². The zero-order valence-electron chi connectivity index (χ0n) is 4.72. The Bertz CT molecular complexity index is 68.5. The Morgan fingerprint density at radius 2 is 2.14 bits per heavy atom. The summed E-state index contributed by atoms with van der Waals surface area (Å²) in [6.07, 6.45) is 0. The summed E-state index contributed by atoms with van der Waals surface area (Å²) in [6.45, 7) is 4.00. The minimum absolute atomic E-state index is 1.04. The van der Waals surface area contributed by atoms with Gasteiger partial charge in [-0.2, -0.15) is 12.6 Å². The smallest absolute Gasteiger partial charge is 0.128 e. The van der Waals surface area contributed by atoms with E-state index in [4.69, 9.17) is 0 Å². The van der Waals surface area contributed by atoms with E-state index in [0.717, 1.165) is 5.75 Å². The van der Waals surface area contributed by atoms with Crippen molar-refractivity contribution in [2.75, 3.05) is 32.4 Å².